The number of likely N-dealkylation sites (N-methyl/N-ethyl adjacent to an activating group) is 1. The Labute approximate surface area is 279 Å². The van der Waals surface area contributed by atoms with Gasteiger partial charge in [0.05, 0.1) is 18.6 Å². The van der Waals surface area contributed by atoms with Crippen molar-refractivity contribution in [3.05, 3.63) is 103 Å². The van der Waals surface area contributed by atoms with Gasteiger partial charge in [-0.15, -0.1) is 24.8 Å². The van der Waals surface area contributed by atoms with Crippen LogP contribution in [0.15, 0.2) is 91.5 Å². The van der Waals surface area contributed by atoms with Crippen molar-refractivity contribution in [3.63, 3.8) is 0 Å². The Balaban J connectivity index is 0.00000353. The number of carbonyl (C=O) groups is 1. The van der Waals surface area contributed by atoms with Crippen molar-refractivity contribution in [1.82, 2.24) is 14.5 Å². The maximum Gasteiger partial charge on any atom is 0.247 e. The second-order valence-corrected chi connectivity index (χ2v) is 10.4. The Morgan fingerprint density at radius 1 is 0.867 bits per heavy atom. The fourth-order valence-electron chi connectivity index (χ4n) is 4.66. The molecule has 0 fully saturated rings. The van der Waals surface area contributed by atoms with Crippen molar-refractivity contribution in [2.75, 3.05) is 38.2 Å². The van der Waals surface area contributed by atoms with Crippen LogP contribution in [0.2, 0.25) is 0 Å². The molecule has 1 amide bonds. The van der Waals surface area contributed by atoms with E-state index in [1.54, 1.807) is 12.5 Å². The van der Waals surface area contributed by atoms with Gasteiger partial charge >= 0.3 is 0 Å². The molecule has 0 saturated heterocycles. The Morgan fingerprint density at radius 2 is 1.60 bits per heavy atom. The van der Waals surface area contributed by atoms with Crippen LogP contribution in [0.25, 0.3) is 0 Å². The first-order valence-electron chi connectivity index (χ1n) is 15.3. The highest BCUT2D eigenvalue weighted by atomic mass is 35.5. The van der Waals surface area contributed by atoms with Crippen LogP contribution in [-0.4, -0.2) is 53.2 Å². The van der Waals surface area contributed by atoms with Crippen molar-refractivity contribution in [2.45, 2.75) is 52.7 Å². The highest BCUT2D eigenvalue weighted by Crippen LogP contribution is 2.31. The Bertz CT molecular complexity index is 1370. The van der Waals surface area contributed by atoms with E-state index >= 15 is 0 Å². The quantitative estimate of drug-likeness (QED) is 0.111. The lowest BCUT2D eigenvalue weighted by Crippen LogP contribution is -2.28. The smallest absolute Gasteiger partial charge is 0.247 e. The zero-order chi connectivity index (χ0) is 30.3. The molecule has 0 radical (unpaired) electrons. The molecule has 45 heavy (non-hydrogen) atoms. The predicted octanol–water partition coefficient (Wildman–Crippen LogP) is 7.63. The topological polar surface area (TPSA) is 77.9 Å². The van der Waals surface area contributed by atoms with Crippen LogP contribution in [0.3, 0.4) is 0 Å². The minimum absolute atomic E-state index is 0. The number of unbranched alkanes of at least 4 members (excludes halogenated alkanes) is 1. The summed E-state index contributed by atoms with van der Waals surface area (Å²) in [4.78, 5) is 20.3. The van der Waals surface area contributed by atoms with Gasteiger partial charge in [0.25, 0.3) is 0 Å². The average Bonchev–Trinajstić information content (AvgIpc) is 3.58. The van der Waals surface area contributed by atoms with Gasteiger partial charge in [-0.2, -0.15) is 0 Å². The van der Waals surface area contributed by atoms with Crippen molar-refractivity contribution in [3.8, 4) is 17.2 Å². The van der Waals surface area contributed by atoms with Gasteiger partial charge in [0.2, 0.25) is 5.91 Å². The third kappa shape index (κ3) is 12.0. The molecule has 4 aromatic rings. The standard InChI is InChI=1S/C35H44N4O4.2ClH/c1-4-7-22-42-34-25-31(41-23-21-38(5-2)6-3)17-18-32(34)37-35(40)33(39-20-19-36-27-39)24-28-13-15-30(16-14-28)43-26-29-11-9-8-10-12-29;;/h8-20,25,27,33H,4-7,21-24,26H2,1-3H3,(H,37,40);2*1H/t33-;;/m1../s1. The lowest BCUT2D eigenvalue weighted by molar-refractivity contribution is -0.119. The minimum atomic E-state index is -0.507. The maximum atomic E-state index is 13.7. The molecular weight excluding hydrogens is 611 g/mol. The van der Waals surface area contributed by atoms with E-state index in [2.05, 4.69) is 36.0 Å². The van der Waals surface area contributed by atoms with E-state index in [0.29, 0.717) is 37.7 Å². The summed E-state index contributed by atoms with van der Waals surface area (Å²) in [5.74, 6) is 1.95. The van der Waals surface area contributed by atoms with Gasteiger partial charge in [-0.05, 0) is 54.9 Å². The highest BCUT2D eigenvalue weighted by Gasteiger charge is 2.22. The minimum Gasteiger partial charge on any atom is -0.492 e. The fourth-order valence-corrected chi connectivity index (χ4v) is 4.66. The lowest BCUT2D eigenvalue weighted by atomic mass is 10.0. The number of nitrogens with one attached hydrogen (secondary N) is 1. The summed E-state index contributed by atoms with van der Waals surface area (Å²) in [6, 6.07) is 23.1. The summed E-state index contributed by atoms with van der Waals surface area (Å²) in [5.41, 5.74) is 2.74. The normalized spacial score (nSPS) is 11.2. The van der Waals surface area contributed by atoms with Crippen LogP contribution in [0.5, 0.6) is 17.2 Å². The molecule has 1 heterocycles. The van der Waals surface area contributed by atoms with Gasteiger partial charge in [0.1, 0.15) is 36.5 Å². The molecule has 0 bridgehead atoms. The molecular formula is C35H46Cl2N4O4. The Morgan fingerprint density at radius 3 is 2.27 bits per heavy atom. The van der Waals surface area contributed by atoms with Crippen LogP contribution in [-0.2, 0) is 17.8 Å². The molecule has 0 spiro atoms. The Kier molecular flexibility index (Phi) is 16.9. The number of rotatable bonds is 18. The van der Waals surface area contributed by atoms with Crippen molar-refractivity contribution in [1.29, 1.82) is 0 Å². The number of anilines is 1. The van der Waals surface area contributed by atoms with Gasteiger partial charge in [0, 0.05) is 31.4 Å². The first kappa shape index (κ1) is 37.5. The van der Waals surface area contributed by atoms with E-state index in [0.717, 1.165) is 55.1 Å². The van der Waals surface area contributed by atoms with Crippen LogP contribution >= 0.6 is 24.8 Å². The fraction of sp³-hybridized carbons (Fsp3) is 0.371. The third-order valence-electron chi connectivity index (χ3n) is 7.33. The number of hydrogen-bond donors (Lipinski definition) is 1. The molecule has 3 aromatic carbocycles. The molecule has 0 aliphatic carbocycles. The summed E-state index contributed by atoms with van der Waals surface area (Å²) in [6.45, 7) is 10.9. The number of carbonyl (C=O) groups excluding carboxylic acids is 1. The molecule has 0 unspecified atom stereocenters. The largest absolute Gasteiger partial charge is 0.492 e. The lowest BCUT2D eigenvalue weighted by Gasteiger charge is -2.21. The molecule has 0 aliphatic heterocycles. The molecule has 244 valence electrons. The first-order chi connectivity index (χ1) is 21.1. The van der Waals surface area contributed by atoms with E-state index in [1.807, 2.05) is 83.6 Å². The van der Waals surface area contributed by atoms with Crippen LogP contribution in [0.1, 0.15) is 50.8 Å². The van der Waals surface area contributed by atoms with Gasteiger partial charge in [0.15, 0.2) is 0 Å². The van der Waals surface area contributed by atoms with E-state index < -0.39 is 6.04 Å². The van der Waals surface area contributed by atoms with E-state index in [4.69, 9.17) is 14.2 Å². The van der Waals surface area contributed by atoms with Crippen molar-refractivity contribution >= 4 is 36.4 Å². The average molecular weight is 658 g/mol. The van der Waals surface area contributed by atoms with Gasteiger partial charge in [-0.1, -0.05) is 69.7 Å². The van der Waals surface area contributed by atoms with E-state index in [1.165, 1.54) is 0 Å². The van der Waals surface area contributed by atoms with Crippen LogP contribution in [0.4, 0.5) is 5.69 Å². The highest BCUT2D eigenvalue weighted by molar-refractivity contribution is 5.95. The van der Waals surface area contributed by atoms with Gasteiger partial charge in [-0.3, -0.25) is 4.79 Å². The zero-order valence-electron chi connectivity index (χ0n) is 26.4. The van der Waals surface area contributed by atoms with Gasteiger partial charge in [-0.25, -0.2) is 4.98 Å². The molecule has 0 saturated carbocycles. The molecule has 0 aliphatic rings. The summed E-state index contributed by atoms with van der Waals surface area (Å²) < 4.78 is 19.9. The second kappa shape index (κ2) is 20.3. The SMILES string of the molecule is CCCCOc1cc(OCCN(CC)CC)ccc1NC(=O)[C@@H](Cc1ccc(OCc2ccccc2)cc1)n1ccnc1.Cl.Cl. The summed E-state index contributed by atoms with van der Waals surface area (Å²) in [7, 11) is 0. The maximum absolute atomic E-state index is 13.7. The monoisotopic (exact) mass is 656 g/mol. The summed E-state index contributed by atoms with van der Waals surface area (Å²) in [5, 5.41) is 3.11. The zero-order valence-corrected chi connectivity index (χ0v) is 28.0. The summed E-state index contributed by atoms with van der Waals surface area (Å²) in [6.07, 6.45) is 7.59. The number of benzene rings is 3. The number of aromatic nitrogens is 2. The first-order valence-corrected chi connectivity index (χ1v) is 15.3. The van der Waals surface area contributed by atoms with Crippen LogP contribution < -0.4 is 19.5 Å². The van der Waals surface area contributed by atoms with Crippen LogP contribution in [0, 0.1) is 0 Å². The number of ether oxygens (including phenoxy) is 3. The van der Waals surface area contributed by atoms with E-state index in [9.17, 15) is 4.79 Å². The Hall–Kier alpha value is -3.72. The molecule has 8 nitrogen and oxygen atoms in total. The second-order valence-electron chi connectivity index (χ2n) is 10.4. The molecule has 10 heteroatoms. The molecule has 1 aromatic heterocycles. The number of amides is 1. The predicted molar refractivity (Wildman–Crippen MR) is 185 cm³/mol. The van der Waals surface area contributed by atoms with Crippen molar-refractivity contribution < 1.29 is 19.0 Å². The van der Waals surface area contributed by atoms with Crippen molar-refractivity contribution in [2.24, 2.45) is 0 Å². The number of hydrogen-bond acceptors (Lipinski definition) is 6. The molecule has 4 rings (SSSR count). The van der Waals surface area contributed by atoms with Gasteiger partial charge < -0.3 is 29.0 Å². The molecule has 1 atom stereocenters. The summed E-state index contributed by atoms with van der Waals surface area (Å²) >= 11 is 0. The number of nitrogens with zero attached hydrogens (tertiary/aromatic N) is 3. The molecule has 1 N–H and O–H groups in total. The number of imidazole rings is 1. The number of halogens is 2. The van der Waals surface area contributed by atoms with E-state index in [-0.39, 0.29) is 30.7 Å². The third-order valence-corrected chi connectivity index (χ3v) is 7.33.